The third-order valence-electron chi connectivity index (χ3n) is 4.50. The first-order valence-corrected chi connectivity index (χ1v) is 9.12. The third-order valence-corrected chi connectivity index (χ3v) is 4.74. The lowest BCUT2D eigenvalue weighted by Crippen LogP contribution is -2.58. The molecule has 0 bridgehead atoms. The fraction of sp³-hybridized carbons (Fsp3) is 0.368. The van der Waals surface area contributed by atoms with Gasteiger partial charge in [-0.15, -0.1) is 5.10 Å². The lowest BCUT2D eigenvalue weighted by Gasteiger charge is -2.41. The molecular weight excluding hydrogens is 352 g/mol. The predicted molar refractivity (Wildman–Crippen MR) is 100 cm³/mol. The number of halogens is 1. The first-order chi connectivity index (χ1) is 12.6. The molecule has 136 valence electrons. The van der Waals surface area contributed by atoms with Crippen molar-refractivity contribution in [1.82, 2.24) is 15.1 Å². The molecule has 1 atom stereocenters. The number of carbonyl (C=O) groups excluding carboxylic acids is 2. The highest BCUT2D eigenvalue weighted by Crippen LogP contribution is 2.25. The van der Waals surface area contributed by atoms with Crippen molar-refractivity contribution in [3.8, 4) is 0 Å². The second-order valence-electron chi connectivity index (χ2n) is 6.32. The SMILES string of the molecule is CCCC[C@H]1CN(c2cccc(Cl)c2)C(=O)CN1C(=O)c1cccnn1. The van der Waals surface area contributed by atoms with Crippen LogP contribution in [0.1, 0.15) is 36.7 Å². The van der Waals surface area contributed by atoms with Crippen LogP contribution in [0.5, 0.6) is 0 Å². The van der Waals surface area contributed by atoms with E-state index in [0.717, 1.165) is 24.9 Å². The molecule has 3 rings (SSSR count). The molecule has 1 fully saturated rings. The number of hydrogen-bond donors (Lipinski definition) is 0. The van der Waals surface area contributed by atoms with Crippen molar-refractivity contribution < 1.29 is 9.59 Å². The van der Waals surface area contributed by atoms with Crippen LogP contribution < -0.4 is 4.90 Å². The molecular formula is C19H21ClN4O2. The molecule has 1 aliphatic heterocycles. The number of benzene rings is 1. The maximum atomic E-state index is 12.8. The minimum atomic E-state index is -0.252. The van der Waals surface area contributed by atoms with Gasteiger partial charge in [-0.25, -0.2) is 0 Å². The van der Waals surface area contributed by atoms with E-state index < -0.39 is 0 Å². The molecule has 1 saturated heterocycles. The average Bonchev–Trinajstić information content (AvgIpc) is 2.67. The Morgan fingerprint density at radius 3 is 2.85 bits per heavy atom. The summed E-state index contributed by atoms with van der Waals surface area (Å²) < 4.78 is 0. The van der Waals surface area contributed by atoms with Crippen LogP contribution in [0.3, 0.4) is 0 Å². The summed E-state index contributed by atoms with van der Waals surface area (Å²) in [6.45, 7) is 2.58. The van der Waals surface area contributed by atoms with E-state index in [-0.39, 0.29) is 30.1 Å². The molecule has 0 N–H and O–H groups in total. The molecule has 6 nitrogen and oxygen atoms in total. The molecule has 1 aliphatic rings. The summed E-state index contributed by atoms with van der Waals surface area (Å²) in [6, 6.07) is 10.5. The van der Waals surface area contributed by atoms with E-state index in [1.807, 2.05) is 12.1 Å². The van der Waals surface area contributed by atoms with Crippen molar-refractivity contribution in [3.63, 3.8) is 0 Å². The molecule has 0 spiro atoms. The Morgan fingerprint density at radius 2 is 2.15 bits per heavy atom. The first-order valence-electron chi connectivity index (χ1n) is 8.74. The lowest BCUT2D eigenvalue weighted by molar-refractivity contribution is -0.121. The van der Waals surface area contributed by atoms with Crippen molar-refractivity contribution in [2.45, 2.75) is 32.2 Å². The molecule has 2 heterocycles. The Bertz CT molecular complexity index is 784. The fourth-order valence-corrected chi connectivity index (χ4v) is 3.34. The molecule has 2 aromatic rings. The van der Waals surface area contributed by atoms with E-state index in [2.05, 4.69) is 17.1 Å². The van der Waals surface area contributed by atoms with Crippen LogP contribution in [0.4, 0.5) is 5.69 Å². The van der Waals surface area contributed by atoms with Gasteiger partial charge in [-0.1, -0.05) is 37.4 Å². The quantitative estimate of drug-likeness (QED) is 0.808. The van der Waals surface area contributed by atoms with Gasteiger partial charge in [0.25, 0.3) is 5.91 Å². The maximum absolute atomic E-state index is 12.8. The Balaban J connectivity index is 1.85. The standard InChI is InChI=1S/C19H21ClN4O2/c1-2-3-7-16-12-23(15-8-4-6-14(20)11-15)18(25)13-24(16)19(26)17-9-5-10-21-22-17/h4-6,8-11,16H,2-3,7,12-13H2,1H3/t16-/m0/s1. The normalized spacial score (nSPS) is 17.5. The second kappa shape index (κ2) is 8.27. The fourth-order valence-electron chi connectivity index (χ4n) is 3.15. The maximum Gasteiger partial charge on any atom is 0.275 e. The number of aromatic nitrogens is 2. The third kappa shape index (κ3) is 4.02. The minimum absolute atomic E-state index is 0.0241. The highest BCUT2D eigenvalue weighted by atomic mass is 35.5. The molecule has 7 heteroatoms. The number of rotatable bonds is 5. The van der Waals surface area contributed by atoms with Gasteiger partial charge in [-0.3, -0.25) is 9.59 Å². The highest BCUT2D eigenvalue weighted by Gasteiger charge is 2.36. The minimum Gasteiger partial charge on any atom is -0.323 e. The van der Waals surface area contributed by atoms with Gasteiger partial charge in [-0.05, 0) is 36.8 Å². The molecule has 1 aromatic carbocycles. The van der Waals surface area contributed by atoms with Gasteiger partial charge in [0.05, 0.1) is 6.04 Å². The monoisotopic (exact) mass is 372 g/mol. The average molecular weight is 373 g/mol. The van der Waals surface area contributed by atoms with E-state index in [1.54, 1.807) is 34.1 Å². The number of unbranched alkanes of at least 4 members (excludes halogenated alkanes) is 1. The smallest absolute Gasteiger partial charge is 0.275 e. The number of nitrogens with zero attached hydrogens (tertiary/aromatic N) is 4. The zero-order chi connectivity index (χ0) is 18.5. The van der Waals surface area contributed by atoms with Gasteiger partial charge < -0.3 is 9.80 Å². The van der Waals surface area contributed by atoms with Crippen molar-refractivity contribution in [2.75, 3.05) is 18.0 Å². The summed E-state index contributed by atoms with van der Waals surface area (Å²) in [4.78, 5) is 28.9. The molecule has 1 aromatic heterocycles. The number of piperazine rings is 1. The van der Waals surface area contributed by atoms with Gasteiger partial charge in [0.2, 0.25) is 5.91 Å². The summed E-state index contributed by atoms with van der Waals surface area (Å²) in [5.74, 6) is -0.379. The van der Waals surface area contributed by atoms with Crippen LogP contribution in [0, 0.1) is 0 Å². The lowest BCUT2D eigenvalue weighted by atomic mass is 10.0. The van der Waals surface area contributed by atoms with Crippen LogP contribution >= 0.6 is 11.6 Å². The van der Waals surface area contributed by atoms with Gasteiger partial charge >= 0.3 is 0 Å². The van der Waals surface area contributed by atoms with Crippen LogP contribution in [-0.4, -0.2) is 46.0 Å². The molecule has 26 heavy (non-hydrogen) atoms. The van der Waals surface area contributed by atoms with Crippen LogP contribution in [-0.2, 0) is 4.79 Å². The Morgan fingerprint density at radius 1 is 1.31 bits per heavy atom. The van der Waals surface area contributed by atoms with Crippen LogP contribution in [0.2, 0.25) is 5.02 Å². The Hall–Kier alpha value is -2.47. The van der Waals surface area contributed by atoms with Gasteiger partial charge in [-0.2, -0.15) is 5.10 Å². The number of anilines is 1. The number of hydrogen-bond acceptors (Lipinski definition) is 4. The van der Waals surface area contributed by atoms with E-state index in [4.69, 9.17) is 11.6 Å². The first kappa shape index (κ1) is 18.3. The predicted octanol–water partition coefficient (Wildman–Crippen LogP) is 3.18. The summed E-state index contributed by atoms with van der Waals surface area (Å²) >= 11 is 6.07. The largest absolute Gasteiger partial charge is 0.323 e. The van der Waals surface area contributed by atoms with Crippen LogP contribution in [0.25, 0.3) is 0 Å². The van der Waals surface area contributed by atoms with Gasteiger partial charge in [0.15, 0.2) is 5.69 Å². The summed E-state index contributed by atoms with van der Waals surface area (Å²) in [7, 11) is 0. The van der Waals surface area contributed by atoms with E-state index >= 15 is 0 Å². The number of amides is 2. The van der Waals surface area contributed by atoms with Gasteiger partial charge in [0, 0.05) is 23.5 Å². The summed E-state index contributed by atoms with van der Waals surface area (Å²) in [5.41, 5.74) is 1.02. The van der Waals surface area contributed by atoms with E-state index in [0.29, 0.717) is 11.6 Å². The Labute approximate surface area is 157 Å². The van der Waals surface area contributed by atoms with E-state index in [1.165, 1.54) is 6.20 Å². The molecule has 0 unspecified atom stereocenters. The van der Waals surface area contributed by atoms with Crippen molar-refractivity contribution in [2.24, 2.45) is 0 Å². The van der Waals surface area contributed by atoms with Crippen molar-refractivity contribution >= 4 is 29.1 Å². The molecule has 0 radical (unpaired) electrons. The van der Waals surface area contributed by atoms with Gasteiger partial charge in [0.1, 0.15) is 6.54 Å². The Kier molecular flexibility index (Phi) is 5.83. The highest BCUT2D eigenvalue weighted by molar-refractivity contribution is 6.30. The summed E-state index contributed by atoms with van der Waals surface area (Å²) in [6.07, 6.45) is 4.35. The number of carbonyl (C=O) groups is 2. The zero-order valence-electron chi connectivity index (χ0n) is 14.6. The van der Waals surface area contributed by atoms with Crippen LogP contribution in [0.15, 0.2) is 42.6 Å². The topological polar surface area (TPSA) is 66.4 Å². The van der Waals surface area contributed by atoms with E-state index in [9.17, 15) is 9.59 Å². The molecule has 2 amide bonds. The summed E-state index contributed by atoms with van der Waals surface area (Å²) in [5, 5.41) is 8.25. The second-order valence-corrected chi connectivity index (χ2v) is 6.76. The molecule has 0 aliphatic carbocycles. The van der Waals surface area contributed by atoms with Crippen molar-refractivity contribution in [1.29, 1.82) is 0 Å². The zero-order valence-corrected chi connectivity index (χ0v) is 15.4. The molecule has 0 saturated carbocycles. The van der Waals surface area contributed by atoms with Crippen molar-refractivity contribution in [3.05, 3.63) is 53.3 Å².